The Balaban J connectivity index is 1.87. The Bertz CT molecular complexity index is 789. The van der Waals surface area contributed by atoms with Crippen molar-refractivity contribution >= 4 is 17.5 Å². The number of nitrogens with two attached hydrogens (primary N) is 1. The molecule has 0 amide bonds. The molecule has 1 aromatic carbocycles. The molecule has 0 saturated heterocycles. The molecule has 1 fully saturated rings. The number of benzene rings is 1. The van der Waals surface area contributed by atoms with Crippen molar-refractivity contribution in [3.8, 4) is 17.6 Å². The molecule has 4 N–H and O–H groups in total. The number of nitrogens with one attached hydrogen (secondary N) is 1. The lowest BCUT2D eigenvalue weighted by Gasteiger charge is -2.13. The Morgan fingerprint density at radius 3 is 2.79 bits per heavy atom. The first-order valence-corrected chi connectivity index (χ1v) is 7.87. The number of hydrogen-bond acceptors (Lipinski definition) is 6. The Morgan fingerprint density at radius 1 is 1.29 bits per heavy atom. The van der Waals surface area contributed by atoms with Gasteiger partial charge in [0.1, 0.15) is 17.2 Å². The molecule has 2 aromatic rings. The highest BCUT2D eigenvalue weighted by Gasteiger charge is 2.28. The molecule has 1 heterocycles. The topological polar surface area (TPSA) is 93.3 Å². The van der Waals surface area contributed by atoms with Gasteiger partial charge in [-0.3, -0.25) is 0 Å². The lowest BCUT2D eigenvalue weighted by Crippen LogP contribution is -2.20. The van der Waals surface area contributed by atoms with Crippen molar-refractivity contribution < 1.29 is 9.84 Å². The fourth-order valence-electron chi connectivity index (χ4n) is 2.74. The number of anilines is 3. The molecule has 0 radical (unpaired) electrons. The number of rotatable bonds is 3. The van der Waals surface area contributed by atoms with Crippen LogP contribution in [0.25, 0.3) is 0 Å². The number of nitrogen functional groups attached to an aromatic ring is 1. The number of ether oxygens (including phenoxy) is 1. The van der Waals surface area contributed by atoms with E-state index in [4.69, 9.17) is 10.5 Å². The van der Waals surface area contributed by atoms with Crippen LogP contribution in [-0.4, -0.2) is 27.8 Å². The van der Waals surface area contributed by atoms with Gasteiger partial charge in [-0.25, -0.2) is 4.98 Å². The summed E-state index contributed by atoms with van der Waals surface area (Å²) in [5, 5.41) is 13.5. The van der Waals surface area contributed by atoms with Gasteiger partial charge in [-0.2, -0.15) is 4.98 Å². The lowest BCUT2D eigenvalue weighted by molar-refractivity contribution is 0.110. The monoisotopic (exact) mass is 324 g/mol. The minimum Gasteiger partial charge on any atom is -0.495 e. The average molecular weight is 324 g/mol. The van der Waals surface area contributed by atoms with Crippen LogP contribution in [-0.2, 0) is 0 Å². The van der Waals surface area contributed by atoms with Crippen molar-refractivity contribution in [2.45, 2.75) is 31.3 Å². The Labute approximate surface area is 141 Å². The first-order chi connectivity index (χ1) is 11.6. The van der Waals surface area contributed by atoms with Crippen molar-refractivity contribution in [1.29, 1.82) is 0 Å². The minimum absolute atomic E-state index is 0.193. The Hall–Kier alpha value is -2.78. The molecule has 24 heavy (non-hydrogen) atoms. The van der Waals surface area contributed by atoms with Gasteiger partial charge in [0.15, 0.2) is 0 Å². The summed E-state index contributed by atoms with van der Waals surface area (Å²) in [6.07, 6.45) is 5.10. The quantitative estimate of drug-likeness (QED) is 0.751. The summed E-state index contributed by atoms with van der Waals surface area (Å²) < 4.78 is 5.37. The van der Waals surface area contributed by atoms with E-state index in [2.05, 4.69) is 27.1 Å². The van der Waals surface area contributed by atoms with E-state index >= 15 is 0 Å². The van der Waals surface area contributed by atoms with Gasteiger partial charge in [-0.05, 0) is 49.9 Å². The molecule has 6 heteroatoms. The standard InChI is InChI=1S/C18H20N4O2/c1-24-15-5-4-13(6-10-18(23)8-2-3-9-18)12-14(15)21-16-7-11-20-17(19)22-16/h4-5,7,11-12,23H,2-3,8-9H2,1H3,(H3,19,20,21,22). The molecule has 1 saturated carbocycles. The maximum Gasteiger partial charge on any atom is 0.221 e. The smallest absolute Gasteiger partial charge is 0.221 e. The van der Waals surface area contributed by atoms with Crippen LogP contribution in [0, 0.1) is 11.8 Å². The number of nitrogens with zero attached hydrogens (tertiary/aromatic N) is 2. The fourth-order valence-corrected chi connectivity index (χ4v) is 2.74. The zero-order chi connectivity index (χ0) is 17.0. The van der Waals surface area contributed by atoms with E-state index in [-0.39, 0.29) is 5.95 Å². The fraction of sp³-hybridized carbons (Fsp3) is 0.333. The molecule has 1 aromatic heterocycles. The van der Waals surface area contributed by atoms with E-state index in [0.29, 0.717) is 11.6 Å². The lowest BCUT2D eigenvalue weighted by atomic mass is 10.0. The van der Waals surface area contributed by atoms with Gasteiger partial charge in [-0.1, -0.05) is 11.8 Å². The molecule has 0 aliphatic heterocycles. The predicted molar refractivity (Wildman–Crippen MR) is 93.0 cm³/mol. The van der Waals surface area contributed by atoms with Crippen LogP contribution < -0.4 is 15.8 Å². The minimum atomic E-state index is -0.853. The van der Waals surface area contributed by atoms with Crippen molar-refractivity contribution in [2.75, 3.05) is 18.2 Å². The van der Waals surface area contributed by atoms with Crippen LogP contribution in [0.3, 0.4) is 0 Å². The normalized spacial score (nSPS) is 15.4. The van der Waals surface area contributed by atoms with E-state index < -0.39 is 5.60 Å². The second-order valence-corrected chi connectivity index (χ2v) is 5.83. The maximum atomic E-state index is 10.3. The summed E-state index contributed by atoms with van der Waals surface area (Å²) in [4.78, 5) is 7.99. The van der Waals surface area contributed by atoms with Gasteiger partial charge in [0.05, 0.1) is 12.8 Å². The first kappa shape index (κ1) is 16.1. The summed E-state index contributed by atoms with van der Waals surface area (Å²) in [6.45, 7) is 0. The van der Waals surface area contributed by atoms with Crippen LogP contribution in [0.15, 0.2) is 30.5 Å². The third-order valence-corrected chi connectivity index (χ3v) is 4.01. The maximum absolute atomic E-state index is 10.3. The summed E-state index contributed by atoms with van der Waals surface area (Å²) in [7, 11) is 1.60. The van der Waals surface area contributed by atoms with E-state index in [1.54, 1.807) is 19.4 Å². The summed E-state index contributed by atoms with van der Waals surface area (Å²) >= 11 is 0. The molecule has 124 valence electrons. The van der Waals surface area contributed by atoms with Crippen LogP contribution in [0.2, 0.25) is 0 Å². The zero-order valence-electron chi connectivity index (χ0n) is 13.5. The summed E-state index contributed by atoms with van der Waals surface area (Å²) in [6, 6.07) is 7.27. The third-order valence-electron chi connectivity index (χ3n) is 4.01. The molecule has 6 nitrogen and oxygen atoms in total. The molecule has 1 aliphatic rings. The summed E-state index contributed by atoms with van der Waals surface area (Å²) in [5.74, 6) is 7.49. The van der Waals surface area contributed by atoms with Crippen molar-refractivity contribution in [2.24, 2.45) is 0 Å². The zero-order valence-corrected chi connectivity index (χ0v) is 13.5. The van der Waals surface area contributed by atoms with E-state index in [0.717, 1.165) is 36.9 Å². The number of aliphatic hydroxyl groups is 1. The van der Waals surface area contributed by atoms with E-state index in [9.17, 15) is 5.11 Å². The second-order valence-electron chi connectivity index (χ2n) is 5.83. The largest absolute Gasteiger partial charge is 0.495 e. The molecule has 0 bridgehead atoms. The van der Waals surface area contributed by atoms with Crippen molar-refractivity contribution in [3.63, 3.8) is 0 Å². The molecule has 3 rings (SSSR count). The van der Waals surface area contributed by atoms with Crippen LogP contribution in [0.4, 0.5) is 17.5 Å². The molecular formula is C18H20N4O2. The van der Waals surface area contributed by atoms with Gasteiger partial charge >= 0.3 is 0 Å². The molecule has 0 spiro atoms. The predicted octanol–water partition coefficient (Wildman–Crippen LogP) is 2.47. The van der Waals surface area contributed by atoms with Gasteiger partial charge in [-0.15, -0.1) is 0 Å². The SMILES string of the molecule is COc1ccc(C#CC2(O)CCCC2)cc1Nc1ccnc(N)n1. The van der Waals surface area contributed by atoms with Gasteiger partial charge < -0.3 is 20.9 Å². The summed E-state index contributed by atoms with van der Waals surface area (Å²) in [5.41, 5.74) is 6.26. The third kappa shape index (κ3) is 3.76. The average Bonchev–Trinajstić information content (AvgIpc) is 3.00. The first-order valence-electron chi connectivity index (χ1n) is 7.87. The van der Waals surface area contributed by atoms with Crippen molar-refractivity contribution in [3.05, 3.63) is 36.0 Å². The van der Waals surface area contributed by atoms with Crippen LogP contribution >= 0.6 is 0 Å². The molecule has 1 aliphatic carbocycles. The van der Waals surface area contributed by atoms with Gasteiger partial charge in [0, 0.05) is 11.8 Å². The highest BCUT2D eigenvalue weighted by atomic mass is 16.5. The highest BCUT2D eigenvalue weighted by molar-refractivity contribution is 5.67. The van der Waals surface area contributed by atoms with Crippen LogP contribution in [0.5, 0.6) is 5.75 Å². The second kappa shape index (κ2) is 6.77. The van der Waals surface area contributed by atoms with E-state index in [1.165, 1.54) is 0 Å². The van der Waals surface area contributed by atoms with Gasteiger partial charge in [0.25, 0.3) is 0 Å². The number of hydrogen-bond donors (Lipinski definition) is 3. The van der Waals surface area contributed by atoms with E-state index in [1.807, 2.05) is 18.2 Å². The molecule has 0 unspecified atom stereocenters. The molecular weight excluding hydrogens is 304 g/mol. The Kier molecular flexibility index (Phi) is 4.54. The van der Waals surface area contributed by atoms with Gasteiger partial charge in [0.2, 0.25) is 5.95 Å². The number of aromatic nitrogens is 2. The number of methoxy groups -OCH3 is 1. The van der Waals surface area contributed by atoms with Crippen molar-refractivity contribution in [1.82, 2.24) is 9.97 Å². The Morgan fingerprint density at radius 2 is 2.08 bits per heavy atom. The van der Waals surface area contributed by atoms with Crippen LogP contribution in [0.1, 0.15) is 31.2 Å². The highest BCUT2D eigenvalue weighted by Crippen LogP contribution is 2.30. The molecule has 0 atom stereocenters.